The number of H-pyrrole nitrogens is 1. The highest BCUT2D eigenvalue weighted by atomic mass is 16.5. The predicted molar refractivity (Wildman–Crippen MR) is 87.6 cm³/mol. The molecule has 0 spiro atoms. The zero-order valence-corrected chi connectivity index (χ0v) is 13.5. The summed E-state index contributed by atoms with van der Waals surface area (Å²) in [6, 6.07) is 8.10. The van der Waals surface area contributed by atoms with Gasteiger partial charge < -0.3 is 10.1 Å². The summed E-state index contributed by atoms with van der Waals surface area (Å²) in [7, 11) is 3.34. The molecule has 1 aliphatic rings. The Kier molecular flexibility index (Phi) is 4.62. The number of para-hydroxylation sites is 1. The molecule has 1 amide bonds. The van der Waals surface area contributed by atoms with Crippen molar-refractivity contribution in [3.63, 3.8) is 0 Å². The number of rotatable bonds is 5. The number of likely N-dealkylation sites (tertiary alicyclic amines) is 1. The maximum absolute atomic E-state index is 11.9. The number of amides is 1. The van der Waals surface area contributed by atoms with Gasteiger partial charge in [-0.2, -0.15) is 5.10 Å². The van der Waals surface area contributed by atoms with Crippen molar-refractivity contribution in [2.24, 2.45) is 0 Å². The first-order valence-corrected chi connectivity index (χ1v) is 7.82. The summed E-state index contributed by atoms with van der Waals surface area (Å²) >= 11 is 0. The highest BCUT2D eigenvalue weighted by molar-refractivity contribution is 5.95. The van der Waals surface area contributed by atoms with Crippen LogP contribution in [-0.4, -0.2) is 48.3 Å². The van der Waals surface area contributed by atoms with Crippen LogP contribution in [0, 0.1) is 0 Å². The summed E-state index contributed by atoms with van der Waals surface area (Å²) < 4.78 is 5.42. The lowest BCUT2D eigenvalue weighted by Crippen LogP contribution is -2.22. The third-order valence-corrected chi connectivity index (χ3v) is 4.41. The minimum Gasteiger partial charge on any atom is -0.496 e. The molecule has 1 fully saturated rings. The van der Waals surface area contributed by atoms with Crippen molar-refractivity contribution in [3.05, 3.63) is 47.3 Å². The highest BCUT2D eigenvalue weighted by Crippen LogP contribution is 2.30. The first-order valence-electron chi connectivity index (χ1n) is 7.82. The Hall–Kier alpha value is -2.34. The molecule has 2 aromatic rings. The molecule has 0 radical (unpaired) electrons. The van der Waals surface area contributed by atoms with Gasteiger partial charge in [-0.1, -0.05) is 18.2 Å². The zero-order valence-electron chi connectivity index (χ0n) is 13.5. The van der Waals surface area contributed by atoms with Gasteiger partial charge in [0.15, 0.2) is 0 Å². The van der Waals surface area contributed by atoms with Gasteiger partial charge in [0, 0.05) is 31.6 Å². The lowest BCUT2D eigenvalue weighted by Gasteiger charge is -2.18. The molecule has 1 saturated heterocycles. The van der Waals surface area contributed by atoms with Gasteiger partial charge in [0.2, 0.25) is 0 Å². The van der Waals surface area contributed by atoms with Crippen molar-refractivity contribution in [1.82, 2.24) is 20.4 Å². The Morgan fingerprint density at radius 2 is 2.30 bits per heavy atom. The number of benzene rings is 1. The second kappa shape index (κ2) is 6.83. The van der Waals surface area contributed by atoms with E-state index in [1.165, 1.54) is 5.56 Å². The molecule has 0 aliphatic carbocycles. The summed E-state index contributed by atoms with van der Waals surface area (Å²) in [5.41, 5.74) is 2.77. The Labute approximate surface area is 135 Å². The van der Waals surface area contributed by atoms with Crippen molar-refractivity contribution in [3.8, 4) is 5.75 Å². The number of aromatic amines is 1. The van der Waals surface area contributed by atoms with E-state index in [9.17, 15) is 4.79 Å². The second-order valence-corrected chi connectivity index (χ2v) is 5.81. The van der Waals surface area contributed by atoms with E-state index in [1.54, 1.807) is 20.4 Å². The highest BCUT2D eigenvalue weighted by Gasteiger charge is 2.28. The van der Waals surface area contributed by atoms with Crippen LogP contribution < -0.4 is 10.1 Å². The maximum Gasteiger partial charge on any atom is 0.254 e. The fourth-order valence-corrected chi connectivity index (χ4v) is 3.21. The monoisotopic (exact) mass is 314 g/mol. The molecule has 122 valence electrons. The van der Waals surface area contributed by atoms with Crippen molar-refractivity contribution in [2.45, 2.75) is 18.9 Å². The Balaban J connectivity index is 1.69. The molecule has 1 aromatic heterocycles. The van der Waals surface area contributed by atoms with Gasteiger partial charge in [-0.3, -0.25) is 14.8 Å². The van der Waals surface area contributed by atoms with Crippen LogP contribution in [0.2, 0.25) is 0 Å². The quantitative estimate of drug-likeness (QED) is 0.882. The van der Waals surface area contributed by atoms with E-state index >= 15 is 0 Å². The van der Waals surface area contributed by atoms with Crippen molar-refractivity contribution < 1.29 is 9.53 Å². The van der Waals surface area contributed by atoms with E-state index < -0.39 is 0 Å². The largest absolute Gasteiger partial charge is 0.496 e. The molecule has 0 bridgehead atoms. The van der Waals surface area contributed by atoms with Gasteiger partial charge in [0.1, 0.15) is 5.75 Å². The molecule has 6 nitrogen and oxygen atoms in total. The summed E-state index contributed by atoms with van der Waals surface area (Å²) in [6.07, 6.45) is 2.62. The number of hydrogen-bond acceptors (Lipinski definition) is 4. The topological polar surface area (TPSA) is 70.2 Å². The maximum atomic E-state index is 11.9. The van der Waals surface area contributed by atoms with Crippen LogP contribution in [0.3, 0.4) is 0 Å². The molecule has 6 heteroatoms. The third-order valence-electron chi connectivity index (χ3n) is 4.41. The second-order valence-electron chi connectivity index (χ2n) is 5.81. The molecule has 3 rings (SSSR count). The van der Waals surface area contributed by atoms with E-state index in [4.69, 9.17) is 4.74 Å². The summed E-state index contributed by atoms with van der Waals surface area (Å²) in [5, 5.41) is 9.72. The van der Waals surface area contributed by atoms with Crippen LogP contribution >= 0.6 is 0 Å². The Bertz CT molecular complexity index is 683. The van der Waals surface area contributed by atoms with E-state index in [1.807, 2.05) is 18.2 Å². The average Bonchev–Trinajstić information content (AvgIpc) is 3.23. The van der Waals surface area contributed by atoms with Crippen LogP contribution in [0.15, 0.2) is 30.5 Å². The molecule has 1 aromatic carbocycles. The van der Waals surface area contributed by atoms with Crippen LogP contribution in [0.5, 0.6) is 5.75 Å². The lowest BCUT2D eigenvalue weighted by atomic mass is 10.0. The van der Waals surface area contributed by atoms with E-state index in [-0.39, 0.29) is 5.91 Å². The van der Waals surface area contributed by atoms with Crippen LogP contribution in [0.25, 0.3) is 0 Å². The van der Waals surface area contributed by atoms with E-state index in [0.717, 1.165) is 37.5 Å². The van der Waals surface area contributed by atoms with Crippen LogP contribution in [-0.2, 0) is 6.54 Å². The number of aromatic nitrogens is 2. The molecule has 0 saturated carbocycles. The fraction of sp³-hybridized carbons (Fsp3) is 0.412. The van der Waals surface area contributed by atoms with Gasteiger partial charge in [-0.05, 0) is 19.0 Å². The van der Waals surface area contributed by atoms with E-state index in [2.05, 4.69) is 26.5 Å². The van der Waals surface area contributed by atoms with Gasteiger partial charge in [-0.25, -0.2) is 0 Å². The molecular weight excluding hydrogens is 292 g/mol. The van der Waals surface area contributed by atoms with Gasteiger partial charge in [0.25, 0.3) is 5.91 Å². The van der Waals surface area contributed by atoms with Gasteiger partial charge in [-0.15, -0.1) is 0 Å². The molecular formula is C17H22N4O2. The SMILES string of the molecule is CNC(=O)c1cn[nH]c1C1CCN(Cc2ccccc2OC)C1. The number of nitrogens with one attached hydrogen (secondary N) is 2. The molecule has 23 heavy (non-hydrogen) atoms. The first-order chi connectivity index (χ1) is 11.2. The minimum absolute atomic E-state index is 0.0862. The standard InChI is InChI=1S/C17H22N4O2/c1-18-17(22)14-9-19-20-16(14)13-7-8-21(11-13)10-12-5-3-4-6-15(12)23-2/h3-6,9,13H,7-8,10-11H2,1-2H3,(H,18,22)(H,19,20). The van der Waals surface area contributed by atoms with Crippen molar-refractivity contribution >= 4 is 5.91 Å². The Morgan fingerprint density at radius 1 is 1.48 bits per heavy atom. The fourth-order valence-electron chi connectivity index (χ4n) is 3.21. The molecule has 1 aliphatic heterocycles. The number of methoxy groups -OCH3 is 1. The van der Waals surface area contributed by atoms with Gasteiger partial charge in [0.05, 0.1) is 24.6 Å². The average molecular weight is 314 g/mol. The molecule has 1 atom stereocenters. The number of nitrogens with zero attached hydrogens (tertiary/aromatic N) is 2. The van der Waals surface area contributed by atoms with Gasteiger partial charge >= 0.3 is 0 Å². The lowest BCUT2D eigenvalue weighted by molar-refractivity contribution is 0.0961. The zero-order chi connectivity index (χ0) is 16.2. The predicted octanol–water partition coefficient (Wildman–Crippen LogP) is 1.77. The molecule has 2 N–H and O–H groups in total. The first kappa shape index (κ1) is 15.6. The summed E-state index contributed by atoms with van der Waals surface area (Å²) in [5.74, 6) is 1.14. The normalized spacial score (nSPS) is 18.1. The smallest absolute Gasteiger partial charge is 0.254 e. The molecule has 2 heterocycles. The summed E-state index contributed by atoms with van der Waals surface area (Å²) in [6.45, 7) is 2.75. The summed E-state index contributed by atoms with van der Waals surface area (Å²) in [4.78, 5) is 14.3. The molecule has 1 unspecified atom stereocenters. The minimum atomic E-state index is -0.0862. The number of ether oxygens (including phenoxy) is 1. The number of carbonyl (C=O) groups is 1. The van der Waals surface area contributed by atoms with Crippen LogP contribution in [0.4, 0.5) is 0 Å². The van der Waals surface area contributed by atoms with Crippen molar-refractivity contribution in [2.75, 3.05) is 27.2 Å². The Morgan fingerprint density at radius 3 is 3.09 bits per heavy atom. The number of carbonyl (C=O) groups excluding carboxylic acids is 1. The van der Waals surface area contributed by atoms with Crippen molar-refractivity contribution in [1.29, 1.82) is 0 Å². The van der Waals surface area contributed by atoms with Crippen LogP contribution in [0.1, 0.15) is 34.0 Å². The third kappa shape index (κ3) is 3.22. The number of hydrogen-bond donors (Lipinski definition) is 2. The van der Waals surface area contributed by atoms with E-state index in [0.29, 0.717) is 11.5 Å².